The molecule has 0 aliphatic carbocycles. The van der Waals surface area contributed by atoms with E-state index in [4.69, 9.17) is 66.9 Å². The molecule has 0 fully saturated rings. The van der Waals surface area contributed by atoms with Gasteiger partial charge in [0.25, 0.3) is 0 Å². The normalized spacial score (nSPS) is 10.2. The van der Waals surface area contributed by atoms with Crippen LogP contribution in [0, 0.1) is 92.6 Å². The molecular weight excluding hydrogens is 1590 g/mol. The molecule has 620 valence electrons. The first-order valence-electron chi connectivity index (χ1n) is 38.5. The average Bonchev–Trinajstić information content (AvgIpc) is 0.918. The zero-order valence-electron chi connectivity index (χ0n) is 68.2. The van der Waals surface area contributed by atoms with E-state index in [0.29, 0.717) is 61.8 Å². The Labute approximate surface area is 733 Å². The molecule has 0 aliphatic heterocycles. The van der Waals surface area contributed by atoms with Crippen LogP contribution >= 0.6 is 0 Å². The van der Waals surface area contributed by atoms with Gasteiger partial charge >= 0.3 is 0 Å². The van der Waals surface area contributed by atoms with Crippen molar-refractivity contribution in [2.24, 2.45) is 80.4 Å². The lowest BCUT2D eigenvalue weighted by molar-refractivity contribution is 0.415. The number of nitrogens with zero attached hydrogens (tertiary/aromatic N) is 10. The summed E-state index contributed by atoms with van der Waals surface area (Å²) >= 11 is 0. The molecule has 27 heteroatoms. The summed E-state index contributed by atoms with van der Waals surface area (Å²) in [6.07, 6.45) is 5.37. The molecule has 14 rings (SSSR count). The lowest BCUT2D eigenvalue weighted by Gasteiger charge is -2.01. The van der Waals surface area contributed by atoms with Gasteiger partial charge in [-0.2, -0.15) is 0 Å². The third-order valence-electron chi connectivity index (χ3n) is 17.1. The van der Waals surface area contributed by atoms with Crippen molar-refractivity contribution in [3.63, 3.8) is 0 Å². The number of rotatable bonds is 21. The van der Waals surface area contributed by atoms with Crippen LogP contribution in [0.3, 0.4) is 0 Å². The van der Waals surface area contributed by atoms with Crippen molar-refractivity contribution in [3.05, 3.63) is 436 Å². The molecule has 14 aromatic carbocycles. The molecule has 0 radical (unpaired) electrons. The van der Waals surface area contributed by atoms with Gasteiger partial charge in [0.05, 0.1) is 63.7 Å². The largest absolute Gasteiger partial charge is 0.497 e. The number of ether oxygens (including phenoxy) is 1. The standard InChI is InChI=1S/C22H19N5O.C21H16FN5.2C21H17N5.C15H13N5/c1-28-21-13-7-16(8-14-21)5-6-17-3-2-4-20(15-17)26-27-25-19-11-9-18(10-12-19)22(23)24;22-18-10-6-15(7-11-18)4-5-16-2-1-3-20(14-16)26-27-25-19-12-8-17(9-13-19)21(23)24;22-21(23)18-12-14-19(15-13-18)24-26-25-20-9-5-4-8-17(20)11-10-16-6-2-1-3-7-16;22-21(23)18-11-13-19(14-12-18)24-26-25-20-8-4-7-17(15-20)10-9-16-5-2-1-3-6-16;1-2-11-5-3-4-6-14(11)19-20-18-13-9-7-12(8-10-13)15(16)17/h2-4,7-15H,1H3,(H3,23,24)(H,25,26);1-3,6-14H,(H3,23,24)(H,25,26);1-9,12-15H,(H3,22,23)(H,24,25);1-8,11-15H,(H3,22,23)(H,24,25);1,3-10H,(H3,16,17)(H,18,19). The molecule has 0 bridgehead atoms. The van der Waals surface area contributed by atoms with Crippen molar-refractivity contribution < 1.29 is 9.13 Å². The fourth-order valence-electron chi connectivity index (χ4n) is 10.4. The molecule has 0 aromatic heterocycles. The lowest BCUT2D eigenvalue weighted by Crippen LogP contribution is -2.10. The third kappa shape index (κ3) is 31.6. The number of halogens is 1. The number of nitrogens with one attached hydrogen (secondary N) is 10. The number of nitrogens with two attached hydrogens (primary N) is 5. The quantitative estimate of drug-likeness (QED) is 0.0105. The molecule has 0 saturated carbocycles. The summed E-state index contributed by atoms with van der Waals surface area (Å²) in [5, 5.41) is 77.1. The molecule has 0 atom stereocenters. The average molecular weight is 1670 g/mol. The van der Waals surface area contributed by atoms with E-state index in [1.807, 2.05) is 194 Å². The fraction of sp³-hybridized carbons (Fsp3) is 0.0100. The molecule has 14 aromatic rings. The van der Waals surface area contributed by atoms with Crippen molar-refractivity contribution in [1.29, 1.82) is 27.0 Å². The van der Waals surface area contributed by atoms with Crippen molar-refractivity contribution in [3.8, 4) is 65.5 Å². The minimum Gasteiger partial charge on any atom is -0.497 e. The van der Waals surface area contributed by atoms with Crippen molar-refractivity contribution >= 4 is 86.1 Å². The Morgan fingerprint density at radius 3 is 0.882 bits per heavy atom. The molecule has 0 unspecified atom stereocenters. The van der Waals surface area contributed by atoms with Crippen molar-refractivity contribution in [1.82, 2.24) is 0 Å². The van der Waals surface area contributed by atoms with Gasteiger partial charge in [-0.05, 0) is 273 Å². The Balaban J connectivity index is 0.000000166. The number of hydrogen-bond acceptors (Lipinski definition) is 16. The Morgan fingerprint density at radius 1 is 0.276 bits per heavy atom. The summed E-state index contributed by atoms with van der Waals surface area (Å²) in [4.78, 5) is 0. The first kappa shape index (κ1) is 90.3. The summed E-state index contributed by atoms with van der Waals surface area (Å²) in [5.41, 5.74) is 59.3. The van der Waals surface area contributed by atoms with Gasteiger partial charge in [0.15, 0.2) is 0 Å². The van der Waals surface area contributed by atoms with Crippen LogP contribution in [0.2, 0.25) is 0 Å². The SMILES string of the molecule is C#Cc1ccccc1N=NNc1ccc(C(=N)N)cc1.COc1ccc(C#Cc2cccc(NN=Nc3ccc(C(=N)N)cc3)c2)cc1.N=C(N)c1ccc(N=NNc2cccc(C#Cc3ccc(F)cc3)c2)cc1.N=C(N)c1ccc(N=NNc2cccc(C#Cc3ccccc3)c2)cc1.N=C(N)c1ccc(NN=Nc2ccccc2C#Cc2ccccc2)cc1. The first-order chi connectivity index (χ1) is 61.9. The second kappa shape index (κ2) is 48.7. The minimum atomic E-state index is -0.284. The van der Waals surface area contributed by atoms with Gasteiger partial charge in [0.2, 0.25) is 0 Å². The predicted molar refractivity (Wildman–Crippen MR) is 504 cm³/mol. The smallest absolute Gasteiger partial charge is 0.123 e. The van der Waals surface area contributed by atoms with Crippen LogP contribution < -0.4 is 60.5 Å². The summed E-state index contributed by atoms with van der Waals surface area (Å²) in [6.45, 7) is 0. The Kier molecular flexibility index (Phi) is 34.7. The van der Waals surface area contributed by atoms with E-state index in [0.717, 1.165) is 78.7 Å². The van der Waals surface area contributed by atoms with Gasteiger partial charge in [-0.25, -0.2) is 4.39 Å². The summed E-state index contributed by atoms with van der Waals surface area (Å²) in [6, 6.07) is 106. The van der Waals surface area contributed by atoms with Gasteiger partial charge in [-0.1, -0.05) is 158 Å². The highest BCUT2D eigenvalue weighted by Crippen LogP contribution is 2.24. The lowest BCUT2D eigenvalue weighted by atomic mass is 10.1. The van der Waals surface area contributed by atoms with E-state index in [2.05, 4.69) is 132 Å². The van der Waals surface area contributed by atoms with E-state index >= 15 is 0 Å². The number of hydrogen-bond donors (Lipinski definition) is 15. The molecule has 0 aliphatic rings. The fourth-order valence-corrected chi connectivity index (χ4v) is 10.4. The molecule has 0 heterocycles. The highest BCUT2D eigenvalue weighted by atomic mass is 19.1. The summed E-state index contributed by atoms with van der Waals surface area (Å²) < 4.78 is 18.1. The molecule has 0 amide bonds. The third-order valence-corrected chi connectivity index (χ3v) is 17.1. The Hall–Kier alpha value is -19.0. The van der Waals surface area contributed by atoms with E-state index in [-0.39, 0.29) is 35.0 Å². The van der Waals surface area contributed by atoms with E-state index in [1.165, 1.54) is 12.1 Å². The number of anilines is 5. The maximum absolute atomic E-state index is 12.9. The molecule has 0 spiro atoms. The Bertz CT molecular complexity index is 6570. The predicted octanol–water partition coefficient (Wildman–Crippen LogP) is 21.1. The number of benzene rings is 14. The van der Waals surface area contributed by atoms with Crippen LogP contribution in [0.1, 0.15) is 77.9 Å². The number of terminal acetylenes is 1. The van der Waals surface area contributed by atoms with Gasteiger partial charge in [-0.15, -0.1) is 32.0 Å². The van der Waals surface area contributed by atoms with E-state index in [9.17, 15) is 4.39 Å². The highest BCUT2D eigenvalue weighted by molar-refractivity contribution is 5.97. The zero-order chi connectivity index (χ0) is 89.6. The van der Waals surface area contributed by atoms with Crippen LogP contribution in [0.4, 0.5) is 61.3 Å². The first-order valence-corrected chi connectivity index (χ1v) is 38.5. The second-order valence-corrected chi connectivity index (χ2v) is 26.3. The van der Waals surface area contributed by atoms with Crippen molar-refractivity contribution in [2.75, 3.05) is 34.2 Å². The van der Waals surface area contributed by atoms with E-state index in [1.54, 1.807) is 153 Å². The van der Waals surface area contributed by atoms with Crippen LogP contribution in [-0.4, -0.2) is 36.3 Å². The zero-order valence-corrected chi connectivity index (χ0v) is 68.2. The van der Waals surface area contributed by atoms with E-state index < -0.39 is 0 Å². The topological polar surface area (TPSA) is 442 Å². The maximum Gasteiger partial charge on any atom is 0.123 e. The van der Waals surface area contributed by atoms with Crippen molar-refractivity contribution in [2.45, 2.75) is 0 Å². The number of nitrogen functional groups attached to an aromatic ring is 5. The highest BCUT2D eigenvalue weighted by Gasteiger charge is 2.06. The monoisotopic (exact) mass is 1670 g/mol. The van der Waals surface area contributed by atoms with Gasteiger partial charge in [0.1, 0.15) is 52.1 Å². The van der Waals surface area contributed by atoms with Crippen LogP contribution in [0.15, 0.2) is 404 Å². The molecular formula is C100H82FN25O. The molecule has 0 saturated heterocycles. The number of amidine groups is 5. The molecule has 20 N–H and O–H groups in total. The molecule has 127 heavy (non-hydrogen) atoms. The van der Waals surface area contributed by atoms with Crippen LogP contribution in [0.25, 0.3) is 0 Å². The molecule has 26 nitrogen and oxygen atoms in total. The van der Waals surface area contributed by atoms with Crippen LogP contribution in [-0.2, 0) is 0 Å². The maximum atomic E-state index is 12.9. The minimum absolute atomic E-state index is 0.00942. The van der Waals surface area contributed by atoms with Gasteiger partial charge in [0, 0.05) is 66.8 Å². The second-order valence-electron chi connectivity index (χ2n) is 26.3. The number of methoxy groups -OCH3 is 1. The summed E-state index contributed by atoms with van der Waals surface area (Å²) in [5.74, 6) is 28.0. The van der Waals surface area contributed by atoms with Gasteiger partial charge in [-0.3, -0.25) is 54.2 Å². The van der Waals surface area contributed by atoms with Crippen LogP contribution in [0.5, 0.6) is 5.75 Å². The summed E-state index contributed by atoms with van der Waals surface area (Å²) in [7, 11) is 1.64. The Morgan fingerprint density at radius 2 is 0.543 bits per heavy atom. The van der Waals surface area contributed by atoms with Gasteiger partial charge < -0.3 is 33.4 Å².